The van der Waals surface area contributed by atoms with Crippen LogP contribution >= 0.6 is 0 Å². The Labute approximate surface area is 128 Å². The summed E-state index contributed by atoms with van der Waals surface area (Å²) in [6, 6.07) is 7.68. The van der Waals surface area contributed by atoms with Crippen molar-refractivity contribution < 1.29 is 14.7 Å². The summed E-state index contributed by atoms with van der Waals surface area (Å²) in [4.78, 5) is 28.7. The Kier molecular flexibility index (Phi) is 4.13. The number of amides is 1. The molecule has 1 saturated heterocycles. The van der Waals surface area contributed by atoms with Gasteiger partial charge in [0.05, 0.1) is 11.1 Å². The van der Waals surface area contributed by atoms with Crippen LogP contribution in [-0.2, 0) is 4.79 Å². The standard InChI is InChI=1S/C17H20N2O3/c20-15(21)8-7-13-5-1-2-11-19(13)17(22)14-6-3-4-12-9-10-18-16(12)14/h3-4,6,9-10,13,18H,1-2,5,7-8,11H2,(H,20,21). The number of hydrogen-bond donors (Lipinski definition) is 2. The van der Waals surface area contributed by atoms with E-state index in [1.54, 1.807) is 0 Å². The monoisotopic (exact) mass is 300 g/mol. The minimum atomic E-state index is -0.801. The molecule has 0 aliphatic carbocycles. The van der Waals surface area contributed by atoms with Gasteiger partial charge < -0.3 is 15.0 Å². The van der Waals surface area contributed by atoms with Crippen molar-refractivity contribution in [1.29, 1.82) is 0 Å². The van der Waals surface area contributed by atoms with Crippen LogP contribution in [0.5, 0.6) is 0 Å². The quantitative estimate of drug-likeness (QED) is 0.911. The summed E-state index contributed by atoms with van der Waals surface area (Å²) in [6.07, 6.45) is 5.40. The maximum absolute atomic E-state index is 12.9. The molecule has 1 atom stereocenters. The number of carbonyl (C=O) groups is 2. The van der Waals surface area contributed by atoms with E-state index >= 15 is 0 Å². The number of benzene rings is 1. The molecular formula is C17H20N2O3. The number of carboxylic acid groups (broad SMARTS) is 1. The van der Waals surface area contributed by atoms with Gasteiger partial charge in [0.15, 0.2) is 0 Å². The molecule has 0 radical (unpaired) electrons. The Bertz CT molecular complexity index is 692. The van der Waals surface area contributed by atoms with Gasteiger partial charge >= 0.3 is 5.97 Å². The van der Waals surface area contributed by atoms with E-state index in [-0.39, 0.29) is 18.4 Å². The second-order valence-corrected chi connectivity index (χ2v) is 5.83. The third-order valence-corrected chi connectivity index (χ3v) is 4.40. The average molecular weight is 300 g/mol. The lowest BCUT2D eigenvalue weighted by molar-refractivity contribution is -0.137. The fraction of sp³-hybridized carbons (Fsp3) is 0.412. The molecule has 0 bridgehead atoms. The molecule has 1 aliphatic heterocycles. The van der Waals surface area contributed by atoms with Crippen molar-refractivity contribution in [3.63, 3.8) is 0 Å². The zero-order chi connectivity index (χ0) is 15.5. The molecule has 5 nitrogen and oxygen atoms in total. The van der Waals surface area contributed by atoms with E-state index < -0.39 is 5.97 Å². The number of aliphatic carboxylic acids is 1. The number of aromatic amines is 1. The Morgan fingerprint density at radius 1 is 1.27 bits per heavy atom. The van der Waals surface area contributed by atoms with Crippen molar-refractivity contribution in [3.8, 4) is 0 Å². The molecule has 1 unspecified atom stereocenters. The minimum Gasteiger partial charge on any atom is -0.481 e. The Morgan fingerprint density at radius 3 is 2.95 bits per heavy atom. The topological polar surface area (TPSA) is 73.4 Å². The van der Waals surface area contributed by atoms with Crippen molar-refractivity contribution in [3.05, 3.63) is 36.0 Å². The predicted molar refractivity (Wildman–Crippen MR) is 83.8 cm³/mol. The van der Waals surface area contributed by atoms with Crippen LogP contribution in [0, 0.1) is 0 Å². The summed E-state index contributed by atoms with van der Waals surface area (Å²) in [7, 11) is 0. The maximum Gasteiger partial charge on any atom is 0.303 e. The van der Waals surface area contributed by atoms with Crippen LogP contribution in [0.1, 0.15) is 42.5 Å². The molecule has 1 aromatic carbocycles. The van der Waals surface area contributed by atoms with Gasteiger partial charge in [-0.25, -0.2) is 0 Å². The highest BCUT2D eigenvalue weighted by Crippen LogP contribution is 2.25. The lowest BCUT2D eigenvalue weighted by atomic mass is 9.96. The molecule has 1 amide bonds. The molecule has 5 heteroatoms. The first kappa shape index (κ1) is 14.6. The van der Waals surface area contributed by atoms with Crippen LogP contribution in [-0.4, -0.2) is 39.5 Å². The van der Waals surface area contributed by atoms with Crippen molar-refractivity contribution in [2.45, 2.75) is 38.1 Å². The number of carboxylic acids is 1. The number of fused-ring (bicyclic) bond motifs is 1. The van der Waals surface area contributed by atoms with E-state index in [4.69, 9.17) is 5.11 Å². The Balaban J connectivity index is 1.85. The van der Waals surface area contributed by atoms with E-state index in [1.807, 2.05) is 35.4 Å². The second kappa shape index (κ2) is 6.22. The number of piperidine rings is 1. The SMILES string of the molecule is O=C(O)CCC1CCCCN1C(=O)c1cccc2cc[nH]c12. The summed E-state index contributed by atoms with van der Waals surface area (Å²) < 4.78 is 0. The Hall–Kier alpha value is -2.30. The second-order valence-electron chi connectivity index (χ2n) is 5.83. The normalized spacial score (nSPS) is 18.5. The average Bonchev–Trinajstić information content (AvgIpc) is 3.01. The van der Waals surface area contributed by atoms with Gasteiger partial charge in [-0.3, -0.25) is 9.59 Å². The fourth-order valence-electron chi connectivity index (χ4n) is 3.28. The first-order chi connectivity index (χ1) is 10.7. The summed E-state index contributed by atoms with van der Waals surface area (Å²) in [5, 5.41) is 9.91. The number of para-hydroxylation sites is 1. The minimum absolute atomic E-state index is 0.00291. The highest BCUT2D eigenvalue weighted by molar-refractivity contribution is 6.05. The van der Waals surface area contributed by atoms with E-state index in [9.17, 15) is 9.59 Å². The van der Waals surface area contributed by atoms with E-state index in [2.05, 4.69) is 4.98 Å². The van der Waals surface area contributed by atoms with Gasteiger partial charge in [-0.05, 0) is 37.8 Å². The zero-order valence-electron chi connectivity index (χ0n) is 12.4. The Morgan fingerprint density at radius 2 is 2.14 bits per heavy atom. The summed E-state index contributed by atoms with van der Waals surface area (Å²) >= 11 is 0. The van der Waals surface area contributed by atoms with Gasteiger partial charge in [0, 0.05) is 30.6 Å². The molecule has 0 saturated carbocycles. The molecule has 3 rings (SSSR count). The highest BCUT2D eigenvalue weighted by Gasteiger charge is 2.28. The highest BCUT2D eigenvalue weighted by atomic mass is 16.4. The van der Waals surface area contributed by atoms with Crippen LogP contribution in [0.15, 0.2) is 30.5 Å². The van der Waals surface area contributed by atoms with Gasteiger partial charge in [-0.15, -0.1) is 0 Å². The first-order valence-electron chi connectivity index (χ1n) is 7.75. The molecule has 1 fully saturated rings. The molecular weight excluding hydrogens is 280 g/mol. The van der Waals surface area contributed by atoms with Crippen LogP contribution < -0.4 is 0 Å². The number of nitrogens with one attached hydrogen (secondary N) is 1. The predicted octanol–water partition coefficient (Wildman–Crippen LogP) is 3.03. The van der Waals surface area contributed by atoms with Gasteiger partial charge in [0.25, 0.3) is 5.91 Å². The maximum atomic E-state index is 12.9. The fourth-order valence-corrected chi connectivity index (χ4v) is 3.28. The van der Waals surface area contributed by atoms with Gasteiger partial charge in [0.1, 0.15) is 0 Å². The molecule has 116 valence electrons. The summed E-state index contributed by atoms with van der Waals surface area (Å²) in [5.41, 5.74) is 1.53. The number of hydrogen-bond acceptors (Lipinski definition) is 2. The van der Waals surface area contributed by atoms with Crippen molar-refractivity contribution in [2.75, 3.05) is 6.54 Å². The number of rotatable bonds is 4. The number of H-pyrrole nitrogens is 1. The number of likely N-dealkylation sites (tertiary alicyclic amines) is 1. The van der Waals surface area contributed by atoms with Crippen LogP contribution in [0.2, 0.25) is 0 Å². The van der Waals surface area contributed by atoms with Crippen molar-refractivity contribution in [1.82, 2.24) is 9.88 Å². The summed E-state index contributed by atoms with van der Waals surface area (Å²) in [6.45, 7) is 0.709. The van der Waals surface area contributed by atoms with Crippen LogP contribution in [0.3, 0.4) is 0 Å². The molecule has 2 aromatic rings. The largest absolute Gasteiger partial charge is 0.481 e. The summed E-state index contributed by atoms with van der Waals surface area (Å²) in [5.74, 6) is -0.799. The first-order valence-corrected chi connectivity index (χ1v) is 7.75. The van der Waals surface area contributed by atoms with Gasteiger partial charge in [-0.1, -0.05) is 12.1 Å². The third kappa shape index (κ3) is 2.84. The lowest BCUT2D eigenvalue weighted by Gasteiger charge is -2.35. The van der Waals surface area contributed by atoms with Crippen molar-refractivity contribution in [2.24, 2.45) is 0 Å². The van der Waals surface area contributed by atoms with Crippen LogP contribution in [0.25, 0.3) is 10.9 Å². The number of carbonyl (C=O) groups excluding carboxylic acids is 1. The molecule has 1 aliphatic rings. The zero-order valence-corrected chi connectivity index (χ0v) is 12.4. The molecule has 2 N–H and O–H groups in total. The molecule has 1 aromatic heterocycles. The smallest absolute Gasteiger partial charge is 0.303 e. The van der Waals surface area contributed by atoms with Crippen molar-refractivity contribution >= 4 is 22.8 Å². The lowest BCUT2D eigenvalue weighted by Crippen LogP contribution is -2.44. The molecule has 22 heavy (non-hydrogen) atoms. The van der Waals surface area contributed by atoms with Gasteiger partial charge in [-0.2, -0.15) is 0 Å². The van der Waals surface area contributed by atoms with E-state index in [0.29, 0.717) is 18.5 Å². The number of aromatic nitrogens is 1. The molecule has 2 heterocycles. The number of nitrogens with zero attached hydrogens (tertiary/aromatic N) is 1. The van der Waals surface area contributed by atoms with Crippen LogP contribution in [0.4, 0.5) is 0 Å². The third-order valence-electron chi connectivity index (χ3n) is 4.40. The van der Waals surface area contributed by atoms with E-state index in [0.717, 1.165) is 30.2 Å². The van der Waals surface area contributed by atoms with E-state index in [1.165, 1.54) is 0 Å². The van der Waals surface area contributed by atoms with Gasteiger partial charge in [0.2, 0.25) is 0 Å². The molecule has 0 spiro atoms.